The van der Waals surface area contributed by atoms with Gasteiger partial charge in [-0.05, 0) is 12.1 Å². The molecule has 0 saturated carbocycles. The van der Waals surface area contributed by atoms with Gasteiger partial charge < -0.3 is 0 Å². The number of hydrogen-bond acceptors (Lipinski definition) is 4. The van der Waals surface area contributed by atoms with Crippen molar-refractivity contribution in [3.8, 4) is 11.3 Å². The predicted octanol–water partition coefficient (Wildman–Crippen LogP) is 3.86. The first-order valence-electron chi connectivity index (χ1n) is 9.26. The van der Waals surface area contributed by atoms with Gasteiger partial charge in [-0.25, -0.2) is 14.4 Å². The molecule has 2 aromatic heterocycles. The minimum atomic E-state index is -0.244. The largest absolute Gasteiger partial charge is 0.294 e. The number of rotatable bonds is 3. The Labute approximate surface area is 158 Å². The second-order valence-corrected chi connectivity index (χ2v) is 8.16. The van der Waals surface area contributed by atoms with Crippen LogP contribution in [0.2, 0.25) is 0 Å². The van der Waals surface area contributed by atoms with Crippen LogP contribution < -0.4 is 0 Å². The minimum absolute atomic E-state index is 0.0389. The summed E-state index contributed by atoms with van der Waals surface area (Å²) in [6.07, 6.45) is 4.71. The fourth-order valence-electron chi connectivity index (χ4n) is 3.44. The van der Waals surface area contributed by atoms with E-state index >= 15 is 0 Å². The van der Waals surface area contributed by atoms with Gasteiger partial charge in [0, 0.05) is 60.1 Å². The zero-order valence-electron chi connectivity index (χ0n) is 16.0. The average Bonchev–Trinajstić information content (AvgIpc) is 3.08. The van der Waals surface area contributed by atoms with Crippen LogP contribution in [0.25, 0.3) is 11.3 Å². The number of benzene rings is 1. The molecule has 27 heavy (non-hydrogen) atoms. The van der Waals surface area contributed by atoms with Gasteiger partial charge in [-0.2, -0.15) is 5.10 Å². The summed E-state index contributed by atoms with van der Waals surface area (Å²) in [7, 11) is 0. The average molecular weight is 365 g/mol. The quantitative estimate of drug-likeness (QED) is 0.766. The summed E-state index contributed by atoms with van der Waals surface area (Å²) in [6.45, 7) is 8.90. The van der Waals surface area contributed by atoms with Crippen molar-refractivity contribution in [2.45, 2.75) is 45.7 Å². The number of halogens is 1. The third-order valence-electron chi connectivity index (χ3n) is 4.91. The van der Waals surface area contributed by atoms with E-state index in [9.17, 15) is 4.39 Å². The van der Waals surface area contributed by atoms with Gasteiger partial charge in [-0.15, -0.1) is 0 Å². The molecule has 0 radical (unpaired) electrons. The van der Waals surface area contributed by atoms with Crippen LogP contribution in [0.5, 0.6) is 0 Å². The van der Waals surface area contributed by atoms with E-state index < -0.39 is 0 Å². The number of fused-ring (bicyclic) bond motifs is 1. The lowest BCUT2D eigenvalue weighted by molar-refractivity contribution is 0.242. The van der Waals surface area contributed by atoms with Crippen LogP contribution in [-0.2, 0) is 24.9 Å². The maximum absolute atomic E-state index is 13.6. The van der Waals surface area contributed by atoms with Crippen LogP contribution >= 0.6 is 0 Å². The van der Waals surface area contributed by atoms with Gasteiger partial charge in [0.05, 0.1) is 11.9 Å². The number of aromatic nitrogens is 4. The van der Waals surface area contributed by atoms with Crippen molar-refractivity contribution < 1.29 is 4.39 Å². The predicted molar refractivity (Wildman–Crippen MR) is 103 cm³/mol. The van der Waals surface area contributed by atoms with Crippen molar-refractivity contribution in [2.75, 3.05) is 6.54 Å². The maximum atomic E-state index is 13.6. The van der Waals surface area contributed by atoms with Crippen LogP contribution in [0.1, 0.15) is 43.4 Å². The molecule has 1 aliphatic heterocycles. The molecule has 1 aliphatic rings. The minimum Gasteiger partial charge on any atom is -0.294 e. The van der Waals surface area contributed by atoms with Crippen molar-refractivity contribution in [1.82, 2.24) is 25.1 Å². The number of nitrogens with zero attached hydrogens (tertiary/aromatic N) is 4. The van der Waals surface area contributed by atoms with Crippen LogP contribution in [0.4, 0.5) is 4.39 Å². The summed E-state index contributed by atoms with van der Waals surface area (Å²) in [6, 6.07) is 6.60. The highest BCUT2D eigenvalue weighted by molar-refractivity contribution is 5.62. The summed E-state index contributed by atoms with van der Waals surface area (Å²) in [4.78, 5) is 11.7. The molecule has 0 bridgehead atoms. The first kappa shape index (κ1) is 17.8. The zero-order chi connectivity index (χ0) is 19.0. The molecule has 0 atom stereocenters. The van der Waals surface area contributed by atoms with E-state index in [4.69, 9.17) is 4.98 Å². The molecule has 1 aromatic carbocycles. The van der Waals surface area contributed by atoms with Crippen molar-refractivity contribution in [2.24, 2.45) is 0 Å². The molecule has 3 aromatic rings. The molecule has 0 spiro atoms. The third-order valence-corrected chi connectivity index (χ3v) is 4.91. The Balaban J connectivity index is 1.52. The van der Waals surface area contributed by atoms with E-state index in [1.165, 1.54) is 17.7 Å². The molecule has 0 fully saturated rings. The van der Waals surface area contributed by atoms with Crippen molar-refractivity contribution in [3.05, 3.63) is 65.1 Å². The van der Waals surface area contributed by atoms with Crippen LogP contribution in [0.3, 0.4) is 0 Å². The molecular weight excluding hydrogens is 341 g/mol. The SMILES string of the molecule is CC(C)(C)c1ncc2c(n1)CCN(Cc1cn[nH]c1-c1cccc(F)c1)C2. The molecular formula is C21H24FN5. The molecule has 140 valence electrons. The molecule has 3 heterocycles. The first-order chi connectivity index (χ1) is 12.9. The van der Waals surface area contributed by atoms with Gasteiger partial charge in [-0.3, -0.25) is 10.00 Å². The molecule has 0 aliphatic carbocycles. The Kier molecular flexibility index (Phi) is 4.52. The highest BCUT2D eigenvalue weighted by Crippen LogP contribution is 2.26. The third kappa shape index (κ3) is 3.76. The highest BCUT2D eigenvalue weighted by Gasteiger charge is 2.23. The Morgan fingerprint density at radius 3 is 2.85 bits per heavy atom. The monoisotopic (exact) mass is 365 g/mol. The molecule has 0 amide bonds. The second-order valence-electron chi connectivity index (χ2n) is 8.16. The number of H-pyrrole nitrogens is 1. The van der Waals surface area contributed by atoms with Gasteiger partial charge in [-0.1, -0.05) is 32.9 Å². The standard InChI is InChI=1S/C21H24FN5/c1-21(2,3)20-23-10-15-12-27(8-7-18(15)25-20)13-16-11-24-26-19(16)14-5-4-6-17(22)9-14/h4-6,9-11H,7-8,12-13H2,1-3H3,(H,24,26). The Bertz CT molecular complexity index is 957. The van der Waals surface area contributed by atoms with E-state index in [-0.39, 0.29) is 11.2 Å². The van der Waals surface area contributed by atoms with Crippen LogP contribution in [0, 0.1) is 5.82 Å². The first-order valence-corrected chi connectivity index (χ1v) is 9.26. The van der Waals surface area contributed by atoms with Crippen LogP contribution in [-0.4, -0.2) is 31.6 Å². The smallest absolute Gasteiger partial charge is 0.133 e. The second kappa shape index (κ2) is 6.85. The number of nitrogens with one attached hydrogen (secondary N) is 1. The fourth-order valence-corrected chi connectivity index (χ4v) is 3.44. The van der Waals surface area contributed by atoms with Crippen molar-refractivity contribution >= 4 is 0 Å². The van der Waals surface area contributed by atoms with E-state index in [0.717, 1.165) is 54.4 Å². The number of hydrogen-bond donors (Lipinski definition) is 1. The van der Waals surface area contributed by atoms with E-state index in [2.05, 4.69) is 40.9 Å². The van der Waals surface area contributed by atoms with E-state index in [1.54, 1.807) is 6.07 Å². The van der Waals surface area contributed by atoms with Gasteiger partial charge in [0.2, 0.25) is 0 Å². The molecule has 5 nitrogen and oxygen atoms in total. The van der Waals surface area contributed by atoms with Gasteiger partial charge in [0.15, 0.2) is 0 Å². The summed E-state index contributed by atoms with van der Waals surface area (Å²) >= 11 is 0. The van der Waals surface area contributed by atoms with Gasteiger partial charge in [0.1, 0.15) is 11.6 Å². The maximum Gasteiger partial charge on any atom is 0.133 e. The molecule has 0 saturated heterocycles. The van der Waals surface area contributed by atoms with E-state index in [1.807, 2.05) is 18.5 Å². The van der Waals surface area contributed by atoms with Gasteiger partial charge >= 0.3 is 0 Å². The van der Waals surface area contributed by atoms with Crippen LogP contribution in [0.15, 0.2) is 36.7 Å². The molecule has 6 heteroatoms. The van der Waals surface area contributed by atoms with Gasteiger partial charge in [0.25, 0.3) is 0 Å². The summed E-state index contributed by atoms with van der Waals surface area (Å²) in [5, 5.41) is 7.19. The normalized spacial score (nSPS) is 15.0. The van der Waals surface area contributed by atoms with Crippen molar-refractivity contribution in [1.29, 1.82) is 0 Å². The molecule has 1 N–H and O–H groups in total. The molecule has 4 rings (SSSR count). The van der Waals surface area contributed by atoms with Crippen molar-refractivity contribution in [3.63, 3.8) is 0 Å². The lowest BCUT2D eigenvalue weighted by Gasteiger charge is -2.29. The Morgan fingerprint density at radius 1 is 1.22 bits per heavy atom. The Hall–Kier alpha value is -2.60. The fraction of sp³-hybridized carbons (Fsp3) is 0.381. The van der Waals surface area contributed by atoms with E-state index in [0.29, 0.717) is 0 Å². The molecule has 0 unspecified atom stereocenters. The Morgan fingerprint density at radius 2 is 2.07 bits per heavy atom. The highest BCUT2D eigenvalue weighted by atomic mass is 19.1. The lowest BCUT2D eigenvalue weighted by Crippen LogP contribution is -2.32. The summed E-state index contributed by atoms with van der Waals surface area (Å²) in [5.74, 6) is 0.657. The number of aromatic amines is 1. The summed E-state index contributed by atoms with van der Waals surface area (Å²) < 4.78 is 13.6. The summed E-state index contributed by atoms with van der Waals surface area (Å²) in [5.41, 5.74) is 5.06. The zero-order valence-corrected chi connectivity index (χ0v) is 16.0. The lowest BCUT2D eigenvalue weighted by atomic mass is 9.95. The topological polar surface area (TPSA) is 57.7 Å².